The lowest BCUT2D eigenvalue weighted by atomic mass is 10.0. The Bertz CT molecular complexity index is 653. The van der Waals surface area contributed by atoms with Crippen LogP contribution in [0.15, 0.2) is 59.2 Å². The summed E-state index contributed by atoms with van der Waals surface area (Å²) < 4.78 is 10.8. The molecule has 18 heavy (non-hydrogen) atoms. The lowest BCUT2D eigenvalue weighted by molar-refractivity contribution is 0.410. The third kappa shape index (κ3) is 1.97. The minimum Gasteiger partial charge on any atom is -0.493 e. The van der Waals surface area contributed by atoms with E-state index in [-0.39, 0.29) is 0 Å². The van der Waals surface area contributed by atoms with E-state index in [0.29, 0.717) is 0 Å². The van der Waals surface area contributed by atoms with Crippen LogP contribution in [0.2, 0.25) is 0 Å². The van der Waals surface area contributed by atoms with Gasteiger partial charge in [0.25, 0.3) is 0 Å². The van der Waals surface area contributed by atoms with E-state index in [9.17, 15) is 0 Å². The smallest absolute Gasteiger partial charge is 0.175 e. The summed E-state index contributed by atoms with van der Waals surface area (Å²) in [6.07, 6.45) is 2.60. The van der Waals surface area contributed by atoms with Crippen LogP contribution >= 0.6 is 0 Å². The number of ether oxygens (including phenoxy) is 1. The van der Waals surface area contributed by atoms with Crippen molar-refractivity contribution in [3.05, 3.63) is 65.9 Å². The van der Waals surface area contributed by atoms with Crippen molar-refractivity contribution in [3.63, 3.8) is 0 Å². The lowest BCUT2D eigenvalue weighted by Gasteiger charge is -2.06. The highest BCUT2D eigenvalue weighted by Crippen LogP contribution is 2.29. The molecule has 0 aliphatic rings. The quantitative estimate of drug-likeness (QED) is 0.687. The Hall–Kier alpha value is -2.22. The lowest BCUT2D eigenvalue weighted by Crippen LogP contribution is -1.90. The van der Waals surface area contributed by atoms with E-state index in [1.165, 1.54) is 11.1 Å². The maximum Gasteiger partial charge on any atom is 0.175 e. The first-order valence-electron chi connectivity index (χ1n) is 5.95. The molecule has 0 amide bonds. The zero-order valence-corrected chi connectivity index (χ0v) is 10.2. The van der Waals surface area contributed by atoms with Gasteiger partial charge in [-0.1, -0.05) is 30.3 Å². The molecule has 0 N–H and O–H groups in total. The molecular formula is C16H14O2. The third-order valence-electron chi connectivity index (χ3n) is 3.05. The van der Waals surface area contributed by atoms with E-state index in [4.69, 9.17) is 9.15 Å². The summed E-state index contributed by atoms with van der Waals surface area (Å²) in [7, 11) is 1.67. The fraction of sp³-hybridized carbons (Fsp3) is 0.125. The second-order valence-corrected chi connectivity index (χ2v) is 4.30. The molecule has 3 aromatic rings. The molecule has 1 heterocycles. The normalized spacial score (nSPS) is 10.7. The molecule has 0 saturated heterocycles. The number of methoxy groups -OCH3 is 1. The van der Waals surface area contributed by atoms with Gasteiger partial charge in [-0.25, -0.2) is 0 Å². The van der Waals surface area contributed by atoms with Crippen LogP contribution in [0.25, 0.3) is 11.0 Å². The molecule has 0 fully saturated rings. The predicted molar refractivity (Wildman–Crippen MR) is 72.0 cm³/mol. The van der Waals surface area contributed by atoms with Gasteiger partial charge < -0.3 is 9.15 Å². The zero-order valence-electron chi connectivity index (χ0n) is 10.2. The molecule has 0 saturated carbocycles. The van der Waals surface area contributed by atoms with Crippen molar-refractivity contribution in [2.45, 2.75) is 6.42 Å². The second-order valence-electron chi connectivity index (χ2n) is 4.30. The molecule has 0 atom stereocenters. The van der Waals surface area contributed by atoms with Crippen LogP contribution in [0.5, 0.6) is 5.75 Å². The van der Waals surface area contributed by atoms with Gasteiger partial charge in [0.1, 0.15) is 0 Å². The fourth-order valence-electron chi connectivity index (χ4n) is 2.19. The minimum atomic E-state index is 0.795. The minimum absolute atomic E-state index is 0.795. The van der Waals surface area contributed by atoms with Crippen molar-refractivity contribution in [1.82, 2.24) is 0 Å². The monoisotopic (exact) mass is 238 g/mol. The van der Waals surface area contributed by atoms with Crippen molar-refractivity contribution in [3.8, 4) is 5.75 Å². The Morgan fingerprint density at radius 2 is 1.83 bits per heavy atom. The van der Waals surface area contributed by atoms with E-state index in [1.54, 1.807) is 13.4 Å². The number of fused-ring (bicyclic) bond motifs is 1. The van der Waals surface area contributed by atoms with Crippen molar-refractivity contribution in [1.29, 1.82) is 0 Å². The first-order valence-corrected chi connectivity index (χ1v) is 5.95. The van der Waals surface area contributed by atoms with Crippen LogP contribution in [0.1, 0.15) is 11.1 Å². The van der Waals surface area contributed by atoms with Gasteiger partial charge in [-0.2, -0.15) is 0 Å². The molecule has 0 aliphatic carbocycles. The topological polar surface area (TPSA) is 22.4 Å². The average molecular weight is 238 g/mol. The van der Waals surface area contributed by atoms with E-state index < -0.39 is 0 Å². The molecule has 90 valence electrons. The van der Waals surface area contributed by atoms with Crippen molar-refractivity contribution >= 4 is 11.0 Å². The molecule has 2 heteroatoms. The number of furan rings is 1. The molecule has 1 aromatic heterocycles. The van der Waals surface area contributed by atoms with Crippen LogP contribution in [0.3, 0.4) is 0 Å². The Balaban J connectivity index is 2.02. The highest BCUT2D eigenvalue weighted by atomic mass is 16.5. The second kappa shape index (κ2) is 4.57. The largest absolute Gasteiger partial charge is 0.493 e. The Morgan fingerprint density at radius 1 is 1.00 bits per heavy atom. The summed E-state index contributed by atoms with van der Waals surface area (Å²) in [5.41, 5.74) is 3.34. The molecule has 2 nitrogen and oxygen atoms in total. The Morgan fingerprint density at radius 3 is 2.61 bits per heavy atom. The van der Waals surface area contributed by atoms with Crippen LogP contribution in [0.4, 0.5) is 0 Å². The molecule has 0 aliphatic heterocycles. The summed E-state index contributed by atoms with van der Waals surface area (Å²) in [5.74, 6) is 0.795. The molecule has 0 radical (unpaired) electrons. The fourth-order valence-corrected chi connectivity index (χ4v) is 2.19. The first kappa shape index (κ1) is 10.9. The van der Waals surface area contributed by atoms with E-state index in [2.05, 4.69) is 30.3 Å². The van der Waals surface area contributed by atoms with Crippen molar-refractivity contribution in [2.24, 2.45) is 0 Å². The van der Waals surface area contributed by atoms with Gasteiger partial charge in [-0.3, -0.25) is 0 Å². The van der Waals surface area contributed by atoms with Gasteiger partial charge in [0.05, 0.1) is 13.4 Å². The standard InChI is InChI=1S/C16H14O2/c1-17-15-11-13(9-12-5-3-2-4-6-12)10-14-7-8-18-16(14)15/h2-8,10-11H,9H2,1H3. The summed E-state index contributed by atoms with van der Waals surface area (Å²) in [6, 6.07) is 16.6. The summed E-state index contributed by atoms with van der Waals surface area (Å²) in [5, 5.41) is 1.08. The summed E-state index contributed by atoms with van der Waals surface area (Å²) in [6.45, 7) is 0. The highest BCUT2D eigenvalue weighted by molar-refractivity contribution is 5.84. The summed E-state index contributed by atoms with van der Waals surface area (Å²) in [4.78, 5) is 0. The van der Waals surface area contributed by atoms with Crippen LogP contribution < -0.4 is 4.74 Å². The molecule has 0 spiro atoms. The predicted octanol–water partition coefficient (Wildman–Crippen LogP) is 4.03. The molecular weight excluding hydrogens is 224 g/mol. The van der Waals surface area contributed by atoms with E-state index in [1.807, 2.05) is 18.2 Å². The van der Waals surface area contributed by atoms with Crippen molar-refractivity contribution < 1.29 is 9.15 Å². The molecule has 2 aromatic carbocycles. The van der Waals surface area contributed by atoms with Crippen LogP contribution in [-0.4, -0.2) is 7.11 Å². The summed E-state index contributed by atoms with van der Waals surface area (Å²) >= 11 is 0. The molecule has 0 unspecified atom stereocenters. The SMILES string of the molecule is COc1cc(Cc2ccccc2)cc2ccoc12. The van der Waals surface area contributed by atoms with Gasteiger partial charge in [0.15, 0.2) is 11.3 Å². The first-order chi connectivity index (χ1) is 8.86. The third-order valence-corrected chi connectivity index (χ3v) is 3.05. The zero-order chi connectivity index (χ0) is 12.4. The van der Waals surface area contributed by atoms with E-state index >= 15 is 0 Å². The van der Waals surface area contributed by atoms with Gasteiger partial charge in [0.2, 0.25) is 0 Å². The highest BCUT2D eigenvalue weighted by Gasteiger charge is 2.07. The van der Waals surface area contributed by atoms with Crippen LogP contribution in [0, 0.1) is 0 Å². The van der Waals surface area contributed by atoms with Gasteiger partial charge in [-0.15, -0.1) is 0 Å². The van der Waals surface area contributed by atoms with E-state index in [0.717, 1.165) is 23.1 Å². The van der Waals surface area contributed by atoms with Gasteiger partial charge in [0, 0.05) is 5.39 Å². The molecule has 0 bridgehead atoms. The Labute approximate surface area is 106 Å². The number of benzene rings is 2. The molecule has 3 rings (SSSR count). The Kier molecular flexibility index (Phi) is 2.77. The maximum atomic E-state index is 5.42. The van der Waals surface area contributed by atoms with Gasteiger partial charge >= 0.3 is 0 Å². The van der Waals surface area contributed by atoms with Gasteiger partial charge in [-0.05, 0) is 35.7 Å². The number of rotatable bonds is 3. The average Bonchev–Trinajstić information content (AvgIpc) is 2.87. The van der Waals surface area contributed by atoms with Crippen LogP contribution in [-0.2, 0) is 6.42 Å². The number of hydrogen-bond donors (Lipinski definition) is 0. The number of hydrogen-bond acceptors (Lipinski definition) is 2. The maximum absolute atomic E-state index is 5.42. The van der Waals surface area contributed by atoms with Crippen molar-refractivity contribution in [2.75, 3.05) is 7.11 Å².